The summed E-state index contributed by atoms with van der Waals surface area (Å²) >= 11 is 4.40. The van der Waals surface area contributed by atoms with Crippen molar-refractivity contribution in [2.24, 2.45) is 5.92 Å². The molecule has 0 amide bonds. The molecule has 0 aromatic rings. The molecule has 0 aromatic heterocycles. The standard InChI is InChI=1S/C7H11OS/c1-3-6(4-2)5-7(8)9/h3,6H,1,4-5H2,2H3. The molecule has 2 heteroatoms. The van der Waals surface area contributed by atoms with Gasteiger partial charge >= 0.3 is 0 Å². The first-order valence-electron chi connectivity index (χ1n) is 3.03. The van der Waals surface area contributed by atoms with Crippen molar-refractivity contribution in [3.8, 4) is 0 Å². The highest BCUT2D eigenvalue weighted by Crippen LogP contribution is 2.09. The van der Waals surface area contributed by atoms with E-state index in [4.69, 9.17) is 0 Å². The summed E-state index contributed by atoms with van der Waals surface area (Å²) in [7, 11) is 0. The second-order valence-corrected chi connectivity index (χ2v) is 2.44. The van der Waals surface area contributed by atoms with Gasteiger partial charge in [-0.2, -0.15) is 0 Å². The van der Waals surface area contributed by atoms with Crippen molar-refractivity contribution in [3.05, 3.63) is 12.7 Å². The smallest absolute Gasteiger partial charge is 0.219 e. The maximum atomic E-state index is 10.3. The number of carbonyl (C=O) groups excluding carboxylic acids is 1. The highest BCUT2D eigenvalue weighted by molar-refractivity contribution is 7.96. The minimum atomic E-state index is -0.165. The normalized spacial score (nSPS) is 12.6. The molecule has 1 radical (unpaired) electrons. The largest absolute Gasteiger partial charge is 0.282 e. The molecule has 0 bridgehead atoms. The minimum Gasteiger partial charge on any atom is -0.282 e. The second kappa shape index (κ2) is 4.50. The van der Waals surface area contributed by atoms with Crippen molar-refractivity contribution < 1.29 is 4.79 Å². The molecule has 9 heavy (non-hydrogen) atoms. The molecule has 0 aliphatic heterocycles. The molecule has 0 heterocycles. The molecule has 0 aromatic carbocycles. The predicted octanol–water partition coefficient (Wildman–Crippen LogP) is 2.31. The van der Waals surface area contributed by atoms with Gasteiger partial charge in [0, 0.05) is 6.42 Å². The second-order valence-electron chi connectivity index (χ2n) is 1.98. The van der Waals surface area contributed by atoms with Gasteiger partial charge in [-0.15, -0.1) is 6.58 Å². The van der Waals surface area contributed by atoms with Crippen LogP contribution in [0.3, 0.4) is 0 Å². The Labute approximate surface area is 61.6 Å². The van der Waals surface area contributed by atoms with Gasteiger partial charge in [0.2, 0.25) is 5.12 Å². The Morgan fingerprint density at radius 3 is 2.56 bits per heavy atom. The van der Waals surface area contributed by atoms with Gasteiger partial charge in [0.25, 0.3) is 0 Å². The van der Waals surface area contributed by atoms with Crippen LogP contribution >= 0.6 is 12.6 Å². The molecule has 0 aliphatic carbocycles. The number of hydrogen-bond donors (Lipinski definition) is 0. The minimum absolute atomic E-state index is 0.165. The average Bonchev–Trinajstić information content (AvgIpc) is 1.82. The molecule has 0 saturated carbocycles. The molecule has 0 aliphatic rings. The van der Waals surface area contributed by atoms with E-state index in [2.05, 4.69) is 19.2 Å². The Morgan fingerprint density at radius 1 is 1.89 bits per heavy atom. The van der Waals surface area contributed by atoms with E-state index in [0.717, 1.165) is 6.42 Å². The highest BCUT2D eigenvalue weighted by atomic mass is 32.1. The van der Waals surface area contributed by atoms with Gasteiger partial charge in [0.1, 0.15) is 0 Å². The van der Waals surface area contributed by atoms with Crippen molar-refractivity contribution in [2.45, 2.75) is 19.8 Å². The third kappa shape index (κ3) is 4.15. The fourth-order valence-electron chi connectivity index (χ4n) is 0.608. The SMILES string of the molecule is C=CC(CC)CC(=O)[S]. The molecule has 0 fully saturated rings. The zero-order valence-electron chi connectivity index (χ0n) is 5.59. The Morgan fingerprint density at radius 2 is 2.44 bits per heavy atom. The Hall–Kier alpha value is -0.370. The summed E-state index contributed by atoms with van der Waals surface area (Å²) in [4.78, 5) is 10.3. The van der Waals surface area contributed by atoms with Crippen molar-refractivity contribution >= 4 is 17.7 Å². The summed E-state index contributed by atoms with van der Waals surface area (Å²) < 4.78 is 0. The third-order valence-electron chi connectivity index (χ3n) is 1.29. The van der Waals surface area contributed by atoms with Crippen molar-refractivity contribution in [2.75, 3.05) is 0 Å². The van der Waals surface area contributed by atoms with E-state index < -0.39 is 0 Å². The number of carbonyl (C=O) groups is 1. The van der Waals surface area contributed by atoms with Gasteiger partial charge in [0.15, 0.2) is 0 Å². The fourth-order valence-corrected chi connectivity index (χ4v) is 0.822. The Bertz CT molecular complexity index is 109. The lowest BCUT2D eigenvalue weighted by Gasteiger charge is -2.02. The fraction of sp³-hybridized carbons (Fsp3) is 0.571. The van der Waals surface area contributed by atoms with Gasteiger partial charge in [-0.1, -0.05) is 13.0 Å². The van der Waals surface area contributed by atoms with Gasteiger partial charge < -0.3 is 0 Å². The van der Waals surface area contributed by atoms with Crippen LogP contribution in [0.4, 0.5) is 0 Å². The Balaban J connectivity index is 3.55. The van der Waals surface area contributed by atoms with E-state index in [9.17, 15) is 4.79 Å². The van der Waals surface area contributed by atoms with Crippen LogP contribution in [0.1, 0.15) is 19.8 Å². The molecule has 0 rings (SSSR count). The van der Waals surface area contributed by atoms with Crippen LogP contribution < -0.4 is 0 Å². The summed E-state index contributed by atoms with van der Waals surface area (Å²) in [5.74, 6) is 0.287. The maximum Gasteiger partial charge on any atom is 0.219 e. The summed E-state index contributed by atoms with van der Waals surface area (Å²) in [6.45, 7) is 5.60. The van der Waals surface area contributed by atoms with Crippen molar-refractivity contribution in [1.29, 1.82) is 0 Å². The lowest BCUT2D eigenvalue weighted by atomic mass is 10.0. The van der Waals surface area contributed by atoms with E-state index >= 15 is 0 Å². The molecular formula is C7H11OS. The van der Waals surface area contributed by atoms with Crippen LogP contribution in [0.15, 0.2) is 12.7 Å². The molecule has 0 N–H and O–H groups in total. The summed E-state index contributed by atoms with van der Waals surface area (Å²) in [5.41, 5.74) is 0. The quantitative estimate of drug-likeness (QED) is 0.552. The number of hydrogen-bond acceptors (Lipinski definition) is 1. The monoisotopic (exact) mass is 143 g/mol. The average molecular weight is 143 g/mol. The van der Waals surface area contributed by atoms with Crippen LogP contribution in [0.5, 0.6) is 0 Å². The molecule has 1 atom stereocenters. The first-order chi connectivity index (χ1) is 4.20. The number of rotatable bonds is 4. The lowest BCUT2D eigenvalue weighted by Crippen LogP contribution is -1.98. The van der Waals surface area contributed by atoms with Gasteiger partial charge in [-0.3, -0.25) is 4.79 Å². The van der Waals surface area contributed by atoms with Gasteiger partial charge in [-0.05, 0) is 25.0 Å². The van der Waals surface area contributed by atoms with Crippen molar-refractivity contribution in [3.63, 3.8) is 0 Å². The zero-order valence-corrected chi connectivity index (χ0v) is 6.41. The molecular weight excluding hydrogens is 132 g/mol. The van der Waals surface area contributed by atoms with E-state index in [0.29, 0.717) is 6.42 Å². The van der Waals surface area contributed by atoms with Crippen LogP contribution in [0.25, 0.3) is 0 Å². The van der Waals surface area contributed by atoms with Crippen LogP contribution in [-0.4, -0.2) is 5.12 Å². The Kier molecular flexibility index (Phi) is 4.32. The van der Waals surface area contributed by atoms with Gasteiger partial charge in [0.05, 0.1) is 0 Å². The lowest BCUT2D eigenvalue weighted by molar-refractivity contribution is -0.111. The van der Waals surface area contributed by atoms with E-state index in [1.54, 1.807) is 6.08 Å². The molecule has 51 valence electrons. The van der Waals surface area contributed by atoms with E-state index in [1.165, 1.54) is 0 Å². The van der Waals surface area contributed by atoms with E-state index in [-0.39, 0.29) is 11.0 Å². The molecule has 0 spiro atoms. The topological polar surface area (TPSA) is 17.1 Å². The van der Waals surface area contributed by atoms with E-state index in [1.807, 2.05) is 6.92 Å². The molecule has 1 unspecified atom stereocenters. The van der Waals surface area contributed by atoms with Crippen LogP contribution in [0.2, 0.25) is 0 Å². The zero-order chi connectivity index (χ0) is 7.28. The number of allylic oxidation sites excluding steroid dienone is 1. The van der Waals surface area contributed by atoms with Crippen LogP contribution in [0, 0.1) is 5.92 Å². The summed E-state index contributed by atoms with van der Waals surface area (Å²) in [5, 5.41) is -0.165. The third-order valence-corrected chi connectivity index (χ3v) is 1.45. The highest BCUT2D eigenvalue weighted by Gasteiger charge is 2.04. The first-order valence-corrected chi connectivity index (χ1v) is 3.44. The molecule has 1 nitrogen and oxygen atoms in total. The van der Waals surface area contributed by atoms with Gasteiger partial charge in [-0.25, -0.2) is 0 Å². The summed E-state index contributed by atoms with van der Waals surface area (Å²) in [6, 6.07) is 0. The van der Waals surface area contributed by atoms with Crippen molar-refractivity contribution in [1.82, 2.24) is 0 Å². The summed E-state index contributed by atoms with van der Waals surface area (Å²) in [6.07, 6.45) is 3.20. The predicted molar refractivity (Wildman–Crippen MR) is 41.2 cm³/mol. The first kappa shape index (κ1) is 8.63. The maximum absolute atomic E-state index is 10.3. The molecule has 0 saturated heterocycles. The van der Waals surface area contributed by atoms with Crippen LogP contribution in [-0.2, 0) is 4.79 Å².